The first-order valence-electron chi connectivity index (χ1n) is 13.9. The Labute approximate surface area is 251 Å². The van der Waals surface area contributed by atoms with E-state index in [4.69, 9.17) is 9.47 Å². The lowest BCUT2D eigenvalue weighted by atomic mass is 9.91. The first-order valence-corrected chi connectivity index (χ1v) is 14.9. The van der Waals surface area contributed by atoms with E-state index in [0.717, 1.165) is 16.3 Å². The highest BCUT2D eigenvalue weighted by Gasteiger charge is 2.47. The van der Waals surface area contributed by atoms with Crippen molar-refractivity contribution >= 4 is 29.3 Å². The van der Waals surface area contributed by atoms with E-state index < -0.39 is 30.3 Å². The first kappa shape index (κ1) is 31.0. The number of aliphatic hydroxyl groups excluding tert-OH is 1. The lowest BCUT2D eigenvalue weighted by Crippen LogP contribution is -2.48. The monoisotopic (exact) mass is 618 g/mol. The molecule has 230 valence electrons. The van der Waals surface area contributed by atoms with E-state index in [1.165, 1.54) is 0 Å². The van der Waals surface area contributed by atoms with E-state index in [1.54, 1.807) is 42.2 Å². The van der Waals surface area contributed by atoms with Crippen LogP contribution in [0.2, 0.25) is 0 Å². The van der Waals surface area contributed by atoms with Crippen LogP contribution in [0.4, 0.5) is 18.9 Å². The van der Waals surface area contributed by atoms with Gasteiger partial charge in [-0.15, -0.1) is 0 Å². The Bertz CT molecular complexity index is 1430. The van der Waals surface area contributed by atoms with E-state index in [9.17, 15) is 27.9 Å². The van der Waals surface area contributed by atoms with Crippen LogP contribution in [-0.4, -0.2) is 62.0 Å². The van der Waals surface area contributed by atoms with E-state index in [-0.39, 0.29) is 37.7 Å². The molecule has 13 heteroatoms. The van der Waals surface area contributed by atoms with Crippen molar-refractivity contribution in [3.05, 3.63) is 77.6 Å². The number of benzene rings is 2. The van der Waals surface area contributed by atoms with Gasteiger partial charge in [-0.05, 0) is 36.1 Å². The SMILES string of the molecule is C[C@H]1[C@@H](CSc2nccn2C)O[C@@H](c2cccc(NC(=O)[C@@H]3CCCN3C(=O)C(F)(F)F)c2)O[C@H]1c1ccc(CO)cc1. The van der Waals surface area contributed by atoms with Crippen molar-refractivity contribution in [2.45, 2.75) is 62.2 Å². The first-order chi connectivity index (χ1) is 20.5. The van der Waals surface area contributed by atoms with Crippen molar-refractivity contribution in [1.82, 2.24) is 14.5 Å². The molecule has 0 saturated carbocycles. The minimum absolute atomic E-state index is 0.0496. The molecule has 0 unspecified atom stereocenters. The second-order valence-electron chi connectivity index (χ2n) is 10.7. The number of anilines is 1. The fourth-order valence-electron chi connectivity index (χ4n) is 5.39. The minimum atomic E-state index is -5.05. The average Bonchev–Trinajstić information content (AvgIpc) is 3.65. The number of likely N-dealkylation sites (tertiary alicyclic amines) is 1. The Hall–Kier alpha value is -3.39. The molecule has 43 heavy (non-hydrogen) atoms. The molecular weight excluding hydrogens is 585 g/mol. The molecular formula is C30H33F3N4O5S. The predicted molar refractivity (Wildman–Crippen MR) is 153 cm³/mol. The topological polar surface area (TPSA) is 106 Å². The zero-order chi connectivity index (χ0) is 30.7. The molecule has 3 heterocycles. The van der Waals surface area contributed by atoms with Crippen LogP contribution in [-0.2, 0) is 32.7 Å². The fourth-order valence-corrected chi connectivity index (χ4v) is 6.49. The van der Waals surface area contributed by atoms with Crippen LogP contribution in [0.15, 0.2) is 66.1 Å². The van der Waals surface area contributed by atoms with Crippen molar-refractivity contribution in [2.24, 2.45) is 13.0 Å². The number of hydrogen-bond donors (Lipinski definition) is 2. The molecule has 0 bridgehead atoms. The van der Waals surface area contributed by atoms with Gasteiger partial charge < -0.3 is 29.4 Å². The number of halogens is 3. The number of hydrogen-bond acceptors (Lipinski definition) is 7. The van der Waals surface area contributed by atoms with Crippen LogP contribution in [0.1, 0.15) is 48.8 Å². The molecule has 2 aromatic carbocycles. The summed E-state index contributed by atoms with van der Waals surface area (Å²) in [6.45, 7) is 1.85. The van der Waals surface area contributed by atoms with Gasteiger partial charge in [0, 0.05) is 48.9 Å². The molecule has 2 amide bonds. The van der Waals surface area contributed by atoms with Gasteiger partial charge in [0.05, 0.1) is 18.8 Å². The standard InChI is InChI=1S/C30H33F3N4O5S/c1-18-24(17-43-29-34-12-14-36(29)2)41-27(42-25(18)20-10-8-19(16-38)9-11-20)21-5-3-6-22(15-21)35-26(39)23-7-4-13-37(23)28(40)30(31,32)33/h3,5-6,8-12,14-15,18,23-25,27,38H,4,7,13,16-17H2,1-2H3,(H,35,39)/t18-,23-,24+,25+,27+/m0/s1. The van der Waals surface area contributed by atoms with Gasteiger partial charge in [0.2, 0.25) is 5.91 Å². The fraction of sp³-hybridized carbons (Fsp3) is 0.433. The number of ether oxygens (including phenoxy) is 2. The van der Waals surface area contributed by atoms with Crippen LogP contribution in [0.25, 0.3) is 0 Å². The summed E-state index contributed by atoms with van der Waals surface area (Å²) in [6, 6.07) is 13.1. The maximum absolute atomic E-state index is 13.1. The second-order valence-corrected chi connectivity index (χ2v) is 11.7. The number of aliphatic hydroxyl groups is 1. The Kier molecular flexibility index (Phi) is 9.45. The lowest BCUT2D eigenvalue weighted by Gasteiger charge is -2.41. The van der Waals surface area contributed by atoms with Crippen LogP contribution in [0.3, 0.4) is 0 Å². The Morgan fingerprint density at radius 3 is 2.58 bits per heavy atom. The highest BCUT2D eigenvalue weighted by Crippen LogP contribution is 2.43. The zero-order valence-corrected chi connectivity index (χ0v) is 24.5. The highest BCUT2D eigenvalue weighted by atomic mass is 32.2. The molecule has 2 aliphatic rings. The largest absolute Gasteiger partial charge is 0.471 e. The Morgan fingerprint density at radius 1 is 1.14 bits per heavy atom. The Morgan fingerprint density at radius 2 is 1.91 bits per heavy atom. The van der Waals surface area contributed by atoms with Crippen molar-refractivity contribution < 1.29 is 37.3 Å². The number of rotatable bonds is 8. The average molecular weight is 619 g/mol. The van der Waals surface area contributed by atoms with Crippen LogP contribution in [0.5, 0.6) is 0 Å². The van der Waals surface area contributed by atoms with Crippen molar-refractivity contribution in [3.8, 4) is 0 Å². The summed E-state index contributed by atoms with van der Waals surface area (Å²) < 4.78 is 54.0. The number of imidazole rings is 1. The van der Waals surface area contributed by atoms with Gasteiger partial charge in [-0.2, -0.15) is 13.2 Å². The van der Waals surface area contributed by atoms with E-state index in [0.29, 0.717) is 28.3 Å². The van der Waals surface area contributed by atoms with Gasteiger partial charge >= 0.3 is 12.1 Å². The summed E-state index contributed by atoms with van der Waals surface area (Å²) in [7, 11) is 1.92. The van der Waals surface area contributed by atoms with Crippen LogP contribution >= 0.6 is 11.8 Å². The molecule has 3 aromatic rings. The maximum Gasteiger partial charge on any atom is 0.471 e. The molecule has 9 nitrogen and oxygen atoms in total. The number of alkyl halides is 3. The van der Waals surface area contributed by atoms with Gasteiger partial charge in [0.25, 0.3) is 0 Å². The molecule has 2 N–H and O–H groups in total. The smallest absolute Gasteiger partial charge is 0.392 e. The molecule has 2 fully saturated rings. The summed E-state index contributed by atoms with van der Waals surface area (Å²) in [5, 5.41) is 13.0. The number of nitrogens with one attached hydrogen (secondary N) is 1. The third-order valence-corrected chi connectivity index (χ3v) is 8.91. The lowest BCUT2D eigenvalue weighted by molar-refractivity contribution is -0.268. The third kappa shape index (κ3) is 7.06. The van der Waals surface area contributed by atoms with Crippen molar-refractivity contribution in [3.63, 3.8) is 0 Å². The summed E-state index contributed by atoms with van der Waals surface area (Å²) in [6.07, 6.45) is -2.40. The number of carbonyl (C=O) groups excluding carboxylic acids is 2. The van der Waals surface area contributed by atoms with Gasteiger partial charge in [-0.25, -0.2) is 4.98 Å². The quantitative estimate of drug-likeness (QED) is 0.343. The van der Waals surface area contributed by atoms with Crippen molar-refractivity contribution in [2.75, 3.05) is 17.6 Å². The van der Waals surface area contributed by atoms with Crippen LogP contribution in [0, 0.1) is 5.92 Å². The molecule has 5 rings (SSSR count). The summed E-state index contributed by atoms with van der Waals surface area (Å²) in [5.41, 5.74) is 2.67. The summed E-state index contributed by atoms with van der Waals surface area (Å²) in [5.74, 6) is -2.15. The number of aryl methyl sites for hydroxylation is 1. The van der Waals surface area contributed by atoms with Crippen LogP contribution < -0.4 is 5.32 Å². The number of thioether (sulfide) groups is 1. The van der Waals surface area contributed by atoms with Gasteiger partial charge in [-0.1, -0.05) is 55.1 Å². The number of nitrogens with zero attached hydrogens (tertiary/aromatic N) is 3. The molecule has 0 radical (unpaired) electrons. The summed E-state index contributed by atoms with van der Waals surface area (Å²) in [4.78, 5) is 29.8. The maximum atomic E-state index is 13.1. The molecule has 0 aliphatic carbocycles. The molecule has 0 spiro atoms. The second kappa shape index (κ2) is 13.1. The van der Waals surface area contributed by atoms with E-state index in [1.807, 2.05) is 42.1 Å². The molecule has 5 atom stereocenters. The van der Waals surface area contributed by atoms with Gasteiger partial charge in [0.15, 0.2) is 11.4 Å². The predicted octanol–water partition coefficient (Wildman–Crippen LogP) is 4.99. The van der Waals surface area contributed by atoms with Gasteiger partial charge in [-0.3, -0.25) is 9.59 Å². The number of amides is 2. The molecule has 2 aliphatic heterocycles. The Balaban J connectivity index is 1.35. The zero-order valence-electron chi connectivity index (χ0n) is 23.7. The van der Waals surface area contributed by atoms with Crippen molar-refractivity contribution in [1.29, 1.82) is 0 Å². The van der Waals surface area contributed by atoms with E-state index in [2.05, 4.69) is 17.2 Å². The van der Waals surface area contributed by atoms with E-state index >= 15 is 0 Å². The third-order valence-electron chi connectivity index (χ3n) is 7.76. The summed E-state index contributed by atoms with van der Waals surface area (Å²) >= 11 is 1.56. The minimum Gasteiger partial charge on any atom is -0.392 e. The number of aromatic nitrogens is 2. The normalized spacial score (nSPS) is 24.2. The molecule has 2 saturated heterocycles. The van der Waals surface area contributed by atoms with Gasteiger partial charge in [0.1, 0.15) is 6.04 Å². The molecule has 1 aromatic heterocycles. The number of carbonyl (C=O) groups is 2. The highest BCUT2D eigenvalue weighted by molar-refractivity contribution is 7.99.